The summed E-state index contributed by atoms with van der Waals surface area (Å²) in [6, 6.07) is 6.63. The topological polar surface area (TPSA) is 59.1 Å². The highest BCUT2D eigenvalue weighted by atomic mass is 16.5. The van der Waals surface area contributed by atoms with Gasteiger partial charge >= 0.3 is 11.9 Å². The predicted molar refractivity (Wildman–Crippen MR) is 195 cm³/mol. The normalized spacial score (nSPS) is 11.4. The van der Waals surface area contributed by atoms with Crippen LogP contribution < -0.4 is 0 Å². The molecule has 0 aliphatic heterocycles. The van der Waals surface area contributed by atoms with E-state index in [1.807, 2.05) is 0 Å². The van der Waals surface area contributed by atoms with Gasteiger partial charge in [0.25, 0.3) is 0 Å². The molecule has 0 aromatic heterocycles. The highest BCUT2D eigenvalue weighted by Crippen LogP contribution is 2.12. The number of ether oxygens (including phenoxy) is 2. The molecule has 0 bridgehead atoms. The number of carbonyl (C=O) groups excluding carboxylic acids is 2. The predicted octanol–water partition coefficient (Wildman–Crippen LogP) is 10.5. The number of rotatable bonds is 32. The Bertz CT molecular complexity index is 775. The van der Waals surface area contributed by atoms with Gasteiger partial charge in [-0.3, -0.25) is 0 Å². The van der Waals surface area contributed by atoms with E-state index in [-0.39, 0.29) is 11.9 Å². The second-order valence-corrected chi connectivity index (χ2v) is 13.1. The monoisotopic (exact) mass is 645 g/mol. The van der Waals surface area contributed by atoms with Gasteiger partial charge in [0.05, 0.1) is 24.3 Å². The lowest BCUT2D eigenvalue weighted by Crippen LogP contribution is -2.26. The highest BCUT2D eigenvalue weighted by Gasteiger charge is 2.12. The third-order valence-electron chi connectivity index (χ3n) is 9.11. The molecule has 0 saturated carbocycles. The van der Waals surface area contributed by atoms with Crippen molar-refractivity contribution >= 4 is 11.9 Å². The van der Waals surface area contributed by atoms with Crippen LogP contribution in [0.15, 0.2) is 24.3 Å². The fourth-order valence-corrected chi connectivity index (χ4v) is 5.91. The minimum Gasteiger partial charge on any atom is -0.462 e. The van der Waals surface area contributed by atoms with Crippen LogP contribution in [0.5, 0.6) is 0 Å². The maximum atomic E-state index is 12.5. The molecule has 266 valence electrons. The van der Waals surface area contributed by atoms with Crippen LogP contribution in [0, 0.1) is 0 Å². The van der Waals surface area contributed by atoms with Gasteiger partial charge in [-0.05, 0) is 102 Å². The summed E-state index contributed by atoms with van der Waals surface area (Å²) in [5.41, 5.74) is 0.940. The smallest absolute Gasteiger partial charge is 0.338 e. The summed E-state index contributed by atoms with van der Waals surface area (Å²) in [4.78, 5) is 30.0. The summed E-state index contributed by atoms with van der Waals surface area (Å²) in [5, 5.41) is 0. The van der Waals surface area contributed by atoms with Crippen molar-refractivity contribution in [2.75, 3.05) is 52.5 Å². The first-order valence-corrected chi connectivity index (χ1v) is 19.4. The largest absolute Gasteiger partial charge is 0.462 e. The first-order valence-electron chi connectivity index (χ1n) is 19.4. The molecule has 6 heteroatoms. The molecule has 0 fully saturated rings. The van der Waals surface area contributed by atoms with Crippen LogP contribution in [0.4, 0.5) is 0 Å². The van der Waals surface area contributed by atoms with Gasteiger partial charge in [-0.25, -0.2) is 9.59 Å². The molecule has 6 nitrogen and oxygen atoms in total. The van der Waals surface area contributed by atoms with Gasteiger partial charge in [0, 0.05) is 0 Å². The fraction of sp³-hybridized carbons (Fsp3) is 0.800. The zero-order chi connectivity index (χ0) is 33.5. The number of hydrogen-bond acceptors (Lipinski definition) is 6. The fourth-order valence-electron chi connectivity index (χ4n) is 5.91. The van der Waals surface area contributed by atoms with Gasteiger partial charge in [0.1, 0.15) is 0 Å². The van der Waals surface area contributed by atoms with Crippen molar-refractivity contribution in [3.63, 3.8) is 0 Å². The van der Waals surface area contributed by atoms with Crippen LogP contribution in [0.2, 0.25) is 0 Å². The van der Waals surface area contributed by atoms with E-state index in [1.165, 1.54) is 103 Å². The van der Waals surface area contributed by atoms with E-state index >= 15 is 0 Å². The summed E-state index contributed by atoms with van der Waals surface area (Å²) in [6.45, 7) is 16.4. The quantitative estimate of drug-likeness (QED) is 0.0574. The first-order chi connectivity index (χ1) is 22.5. The third-order valence-corrected chi connectivity index (χ3v) is 9.11. The molecule has 0 N–H and O–H groups in total. The summed E-state index contributed by atoms with van der Waals surface area (Å²) in [5.74, 6) is -0.669. The molecular formula is C40H72N2O4. The lowest BCUT2D eigenvalue weighted by Gasteiger charge is -2.20. The van der Waals surface area contributed by atoms with Crippen LogP contribution in [0.1, 0.15) is 177 Å². The highest BCUT2D eigenvalue weighted by molar-refractivity contribution is 5.93. The van der Waals surface area contributed by atoms with E-state index in [1.54, 1.807) is 24.3 Å². The Labute approximate surface area is 284 Å². The van der Waals surface area contributed by atoms with Crippen LogP contribution >= 0.6 is 0 Å². The Morgan fingerprint density at radius 1 is 0.435 bits per heavy atom. The van der Waals surface area contributed by atoms with E-state index in [4.69, 9.17) is 9.47 Å². The summed E-state index contributed by atoms with van der Waals surface area (Å²) >= 11 is 0. The van der Waals surface area contributed by atoms with Crippen LogP contribution in [0.3, 0.4) is 0 Å². The Hall–Kier alpha value is -1.92. The van der Waals surface area contributed by atoms with Crippen LogP contribution in [0.25, 0.3) is 0 Å². The molecule has 0 spiro atoms. The molecule has 0 amide bonds. The molecule has 0 aliphatic carbocycles. The third kappa shape index (κ3) is 22.6. The Morgan fingerprint density at radius 2 is 0.717 bits per heavy atom. The number of esters is 2. The summed E-state index contributed by atoms with van der Waals surface area (Å²) < 4.78 is 11.0. The molecular weight excluding hydrogens is 572 g/mol. The zero-order valence-electron chi connectivity index (χ0n) is 30.6. The lowest BCUT2D eigenvalue weighted by molar-refractivity contribution is 0.0480. The summed E-state index contributed by atoms with van der Waals surface area (Å²) in [7, 11) is 0. The van der Waals surface area contributed by atoms with E-state index in [2.05, 4.69) is 37.5 Å². The molecule has 0 heterocycles. The van der Waals surface area contributed by atoms with Gasteiger partial charge < -0.3 is 19.3 Å². The van der Waals surface area contributed by atoms with Crippen molar-refractivity contribution in [1.82, 2.24) is 9.80 Å². The van der Waals surface area contributed by atoms with Gasteiger partial charge in [0.15, 0.2) is 0 Å². The van der Waals surface area contributed by atoms with Crippen molar-refractivity contribution in [3.05, 3.63) is 35.4 Å². The standard InChI is InChI=1S/C40H72N2O4/c1-5-9-11-13-15-17-19-21-31-41(7-3)33-23-25-35-45-39(43)37-27-29-38(30-28-37)40(44)46-36-26-24-34-42(8-4)32-22-20-18-16-14-12-10-6-2/h27-30H,5-26,31-36H2,1-4H3. The van der Waals surface area contributed by atoms with Crippen molar-refractivity contribution in [3.8, 4) is 0 Å². The van der Waals surface area contributed by atoms with Crippen LogP contribution in [-0.2, 0) is 9.47 Å². The van der Waals surface area contributed by atoms with E-state index in [9.17, 15) is 9.59 Å². The maximum absolute atomic E-state index is 12.5. The molecule has 1 aromatic rings. The molecule has 1 rings (SSSR count). The van der Waals surface area contributed by atoms with Crippen molar-refractivity contribution in [1.29, 1.82) is 0 Å². The average molecular weight is 645 g/mol. The summed E-state index contributed by atoms with van der Waals surface area (Å²) in [6.07, 6.45) is 25.4. The number of hydrogen-bond donors (Lipinski definition) is 0. The van der Waals surface area contributed by atoms with Crippen molar-refractivity contribution in [2.45, 2.75) is 156 Å². The van der Waals surface area contributed by atoms with E-state index in [0.29, 0.717) is 24.3 Å². The van der Waals surface area contributed by atoms with Crippen molar-refractivity contribution in [2.24, 2.45) is 0 Å². The van der Waals surface area contributed by atoms with Gasteiger partial charge in [-0.2, -0.15) is 0 Å². The molecule has 0 unspecified atom stereocenters. The molecule has 0 radical (unpaired) electrons. The Balaban J connectivity index is 2.13. The SMILES string of the molecule is CCCCCCCCCCN(CC)CCCCOC(=O)c1ccc(C(=O)OCCCCN(CC)CCCCCCCCCC)cc1. The molecule has 46 heavy (non-hydrogen) atoms. The second-order valence-electron chi connectivity index (χ2n) is 13.1. The number of unbranched alkanes of at least 4 members (excludes halogenated alkanes) is 16. The zero-order valence-corrected chi connectivity index (χ0v) is 30.6. The first kappa shape index (κ1) is 42.1. The lowest BCUT2D eigenvalue weighted by atomic mass is 10.1. The average Bonchev–Trinajstić information content (AvgIpc) is 3.08. The Kier molecular flexibility index (Phi) is 27.8. The Morgan fingerprint density at radius 3 is 1.02 bits per heavy atom. The minimum atomic E-state index is -0.335. The van der Waals surface area contributed by atoms with Crippen molar-refractivity contribution < 1.29 is 19.1 Å². The van der Waals surface area contributed by atoms with Gasteiger partial charge in [0.2, 0.25) is 0 Å². The molecule has 0 saturated heterocycles. The second kappa shape index (κ2) is 30.4. The maximum Gasteiger partial charge on any atom is 0.338 e. The molecule has 0 atom stereocenters. The van der Waals surface area contributed by atoms with E-state index < -0.39 is 0 Å². The number of benzene rings is 1. The van der Waals surface area contributed by atoms with Gasteiger partial charge in [-0.1, -0.05) is 118 Å². The minimum absolute atomic E-state index is 0.335. The van der Waals surface area contributed by atoms with E-state index in [0.717, 1.165) is 65.0 Å². The van der Waals surface area contributed by atoms with Crippen LogP contribution in [-0.4, -0.2) is 74.2 Å². The number of nitrogens with zero attached hydrogens (tertiary/aromatic N) is 2. The number of carbonyl (C=O) groups is 2. The molecule has 1 aromatic carbocycles. The van der Waals surface area contributed by atoms with Gasteiger partial charge in [-0.15, -0.1) is 0 Å². The molecule has 0 aliphatic rings.